The maximum absolute atomic E-state index is 13.7. The van der Waals surface area contributed by atoms with Gasteiger partial charge in [-0.05, 0) is 30.3 Å². The molecule has 0 amide bonds. The number of hydrogen-bond acceptors (Lipinski definition) is 4. The molecule has 0 unspecified atom stereocenters. The Hall–Kier alpha value is -2.55. The molecule has 3 rings (SSSR count). The second-order valence-electron chi connectivity index (χ2n) is 5.62. The quantitative estimate of drug-likeness (QED) is 0.681. The van der Waals surface area contributed by atoms with Gasteiger partial charge >= 0.3 is 0 Å². The van der Waals surface area contributed by atoms with Gasteiger partial charge in [-0.2, -0.15) is 5.10 Å². The van der Waals surface area contributed by atoms with Crippen LogP contribution in [0, 0.1) is 5.82 Å². The molecule has 6 nitrogen and oxygen atoms in total. The Bertz CT molecular complexity index is 1120. The molecular formula is C18H15ClFN3O3S. The van der Waals surface area contributed by atoms with Crippen LogP contribution in [0.3, 0.4) is 0 Å². The molecule has 140 valence electrons. The summed E-state index contributed by atoms with van der Waals surface area (Å²) in [6.07, 6.45) is 0. The van der Waals surface area contributed by atoms with Crippen molar-refractivity contribution in [3.05, 3.63) is 81.9 Å². The van der Waals surface area contributed by atoms with Crippen LogP contribution in [0.15, 0.2) is 70.4 Å². The number of sulfonamides is 1. The molecule has 1 aromatic heterocycles. The summed E-state index contributed by atoms with van der Waals surface area (Å²) in [7, 11) is -4.02. The first-order valence-electron chi connectivity index (χ1n) is 7.95. The van der Waals surface area contributed by atoms with Crippen LogP contribution in [0.25, 0.3) is 11.3 Å². The average Bonchev–Trinajstić information content (AvgIpc) is 2.64. The predicted octanol–water partition coefficient (Wildman–Crippen LogP) is 2.68. The second-order valence-corrected chi connectivity index (χ2v) is 7.79. The van der Waals surface area contributed by atoms with Crippen LogP contribution in [0.2, 0.25) is 5.02 Å². The van der Waals surface area contributed by atoms with Crippen LogP contribution >= 0.6 is 11.6 Å². The number of hydrogen-bond donors (Lipinski definition) is 1. The zero-order valence-corrected chi connectivity index (χ0v) is 15.5. The Morgan fingerprint density at radius 1 is 1.04 bits per heavy atom. The van der Waals surface area contributed by atoms with E-state index in [0.717, 1.165) is 16.3 Å². The van der Waals surface area contributed by atoms with E-state index in [1.54, 1.807) is 30.3 Å². The minimum absolute atomic E-state index is 0.00601. The van der Waals surface area contributed by atoms with Gasteiger partial charge in [0.15, 0.2) is 0 Å². The highest BCUT2D eigenvalue weighted by Crippen LogP contribution is 2.18. The van der Waals surface area contributed by atoms with Gasteiger partial charge in [-0.15, -0.1) is 0 Å². The van der Waals surface area contributed by atoms with Gasteiger partial charge in [0.25, 0.3) is 5.56 Å². The maximum atomic E-state index is 13.7. The first-order chi connectivity index (χ1) is 12.9. The van der Waals surface area contributed by atoms with Gasteiger partial charge in [-0.1, -0.05) is 35.9 Å². The Kier molecular flexibility index (Phi) is 5.69. The van der Waals surface area contributed by atoms with Crippen molar-refractivity contribution in [3.63, 3.8) is 0 Å². The van der Waals surface area contributed by atoms with Crippen LogP contribution in [0.5, 0.6) is 0 Å². The van der Waals surface area contributed by atoms with Crippen LogP contribution < -0.4 is 10.3 Å². The van der Waals surface area contributed by atoms with Crippen LogP contribution in [-0.4, -0.2) is 24.7 Å². The summed E-state index contributed by atoms with van der Waals surface area (Å²) in [4.78, 5) is 11.5. The van der Waals surface area contributed by atoms with E-state index in [9.17, 15) is 17.6 Å². The van der Waals surface area contributed by atoms with E-state index in [1.165, 1.54) is 24.3 Å². The Labute approximate surface area is 160 Å². The van der Waals surface area contributed by atoms with E-state index >= 15 is 0 Å². The van der Waals surface area contributed by atoms with Crippen LogP contribution in [-0.2, 0) is 16.6 Å². The number of benzene rings is 2. The number of rotatable bonds is 6. The molecule has 0 atom stereocenters. The average molecular weight is 408 g/mol. The highest BCUT2D eigenvalue weighted by Gasteiger charge is 2.17. The fraction of sp³-hybridized carbons (Fsp3) is 0.111. The lowest BCUT2D eigenvalue weighted by molar-refractivity contribution is 0.538. The molecule has 0 aliphatic heterocycles. The summed E-state index contributed by atoms with van der Waals surface area (Å²) in [5, 5.41) is 4.81. The summed E-state index contributed by atoms with van der Waals surface area (Å²) in [6.45, 7) is -0.123. The number of halogens is 2. The van der Waals surface area contributed by atoms with Crippen LogP contribution in [0.1, 0.15) is 0 Å². The Morgan fingerprint density at radius 3 is 2.44 bits per heavy atom. The van der Waals surface area contributed by atoms with E-state index in [0.29, 0.717) is 10.7 Å². The molecule has 9 heteroatoms. The molecule has 0 aliphatic rings. The van der Waals surface area contributed by atoms with Gasteiger partial charge in [-0.25, -0.2) is 22.2 Å². The molecule has 0 fully saturated rings. The van der Waals surface area contributed by atoms with E-state index in [-0.39, 0.29) is 18.6 Å². The molecule has 0 spiro atoms. The molecule has 0 aliphatic carbocycles. The van der Waals surface area contributed by atoms with Gasteiger partial charge in [0.05, 0.1) is 12.2 Å². The number of nitrogens with one attached hydrogen (secondary N) is 1. The third-order valence-electron chi connectivity index (χ3n) is 3.75. The first kappa shape index (κ1) is 19.2. The van der Waals surface area contributed by atoms with Gasteiger partial charge in [0.1, 0.15) is 10.7 Å². The fourth-order valence-corrected chi connectivity index (χ4v) is 3.63. The largest absolute Gasteiger partial charge is 0.268 e. The molecule has 0 saturated heterocycles. The van der Waals surface area contributed by atoms with Gasteiger partial charge in [0, 0.05) is 23.2 Å². The molecule has 27 heavy (non-hydrogen) atoms. The normalized spacial score (nSPS) is 11.5. The zero-order valence-electron chi connectivity index (χ0n) is 14.0. The van der Waals surface area contributed by atoms with Crippen molar-refractivity contribution in [1.82, 2.24) is 14.5 Å². The Morgan fingerprint density at radius 2 is 1.74 bits per heavy atom. The van der Waals surface area contributed by atoms with Crippen molar-refractivity contribution in [2.75, 3.05) is 6.54 Å². The molecule has 0 radical (unpaired) electrons. The van der Waals surface area contributed by atoms with Gasteiger partial charge < -0.3 is 0 Å². The van der Waals surface area contributed by atoms with E-state index < -0.39 is 20.7 Å². The SMILES string of the molecule is O=c1ccc(-c2ccc(Cl)cc2)nn1CCNS(=O)(=O)c1ccccc1F. The molecule has 1 heterocycles. The molecule has 3 aromatic rings. The first-order valence-corrected chi connectivity index (χ1v) is 9.81. The standard InChI is InChI=1S/C18H15ClFN3O3S/c19-14-7-5-13(6-8-14)16-9-10-18(24)23(22-16)12-11-21-27(25,26)17-4-2-1-3-15(17)20/h1-10,21H,11-12H2. The molecule has 1 N–H and O–H groups in total. The third-order valence-corrected chi connectivity index (χ3v) is 5.49. The van der Waals surface area contributed by atoms with E-state index in [1.807, 2.05) is 0 Å². The van der Waals surface area contributed by atoms with Crippen molar-refractivity contribution >= 4 is 21.6 Å². The predicted molar refractivity (Wildman–Crippen MR) is 101 cm³/mol. The molecular weight excluding hydrogens is 393 g/mol. The van der Waals surface area contributed by atoms with Crippen molar-refractivity contribution in [1.29, 1.82) is 0 Å². The minimum atomic E-state index is -4.02. The second kappa shape index (κ2) is 7.99. The zero-order chi connectivity index (χ0) is 19.4. The lowest BCUT2D eigenvalue weighted by Gasteiger charge is -2.09. The molecule has 0 bridgehead atoms. The summed E-state index contributed by atoms with van der Waals surface area (Å²) in [5.74, 6) is -0.843. The van der Waals surface area contributed by atoms with E-state index in [4.69, 9.17) is 11.6 Å². The topological polar surface area (TPSA) is 81.1 Å². The van der Waals surface area contributed by atoms with Crippen molar-refractivity contribution in [2.45, 2.75) is 11.4 Å². The number of nitrogens with zero attached hydrogens (tertiary/aromatic N) is 2. The summed E-state index contributed by atoms with van der Waals surface area (Å²) in [5.41, 5.74) is 0.932. The highest BCUT2D eigenvalue weighted by atomic mass is 35.5. The van der Waals surface area contributed by atoms with Gasteiger partial charge in [0.2, 0.25) is 10.0 Å². The summed E-state index contributed by atoms with van der Waals surface area (Å²) < 4.78 is 41.4. The number of aromatic nitrogens is 2. The van der Waals surface area contributed by atoms with Crippen molar-refractivity contribution in [2.24, 2.45) is 0 Å². The Balaban J connectivity index is 1.75. The fourth-order valence-electron chi connectivity index (χ4n) is 2.41. The van der Waals surface area contributed by atoms with E-state index in [2.05, 4.69) is 9.82 Å². The van der Waals surface area contributed by atoms with Crippen LogP contribution in [0.4, 0.5) is 4.39 Å². The third kappa shape index (κ3) is 4.60. The summed E-state index contributed by atoms with van der Waals surface area (Å²) in [6, 6.07) is 14.9. The lowest BCUT2D eigenvalue weighted by atomic mass is 10.1. The van der Waals surface area contributed by atoms with Crippen molar-refractivity contribution < 1.29 is 12.8 Å². The van der Waals surface area contributed by atoms with Gasteiger partial charge in [-0.3, -0.25) is 4.79 Å². The minimum Gasteiger partial charge on any atom is -0.268 e. The molecule has 0 saturated carbocycles. The maximum Gasteiger partial charge on any atom is 0.266 e. The monoisotopic (exact) mass is 407 g/mol. The van der Waals surface area contributed by atoms with Crippen molar-refractivity contribution in [3.8, 4) is 11.3 Å². The smallest absolute Gasteiger partial charge is 0.266 e. The highest BCUT2D eigenvalue weighted by molar-refractivity contribution is 7.89. The lowest BCUT2D eigenvalue weighted by Crippen LogP contribution is -2.32. The molecule has 2 aromatic carbocycles. The summed E-state index contributed by atoms with van der Waals surface area (Å²) >= 11 is 5.86.